The molecule has 0 saturated heterocycles. The van der Waals surface area contributed by atoms with Crippen molar-refractivity contribution < 1.29 is 14.3 Å². The van der Waals surface area contributed by atoms with E-state index in [1.807, 2.05) is 55.5 Å². The molecule has 1 aliphatic rings. The maximum Gasteiger partial charge on any atom is 0.247 e. The average molecular weight is 493 g/mol. The summed E-state index contributed by atoms with van der Waals surface area (Å²) < 4.78 is 12.3. The Labute approximate surface area is 211 Å². The fraction of sp³-hybridized carbons (Fsp3) is 0.407. The van der Waals surface area contributed by atoms with Crippen molar-refractivity contribution in [3.8, 4) is 22.9 Å². The van der Waals surface area contributed by atoms with Crippen LogP contribution in [0.1, 0.15) is 58.7 Å². The van der Waals surface area contributed by atoms with Crippen LogP contribution in [0, 0.1) is 5.92 Å². The summed E-state index contributed by atoms with van der Waals surface area (Å²) >= 11 is 1.55. The minimum absolute atomic E-state index is 0.0547. The lowest BCUT2D eigenvalue weighted by atomic mass is 10.1. The predicted octanol–water partition coefficient (Wildman–Crippen LogP) is 6.30. The van der Waals surface area contributed by atoms with Crippen molar-refractivity contribution in [1.82, 2.24) is 15.2 Å². The molecule has 0 bridgehead atoms. The second-order valence-electron chi connectivity index (χ2n) is 8.83. The first-order chi connectivity index (χ1) is 17.0. The smallest absolute Gasteiger partial charge is 0.247 e. The number of ether oxygens (including phenoxy) is 2. The van der Waals surface area contributed by atoms with Gasteiger partial charge in [-0.3, -0.25) is 9.69 Å². The molecule has 1 aromatic heterocycles. The normalized spacial score (nSPS) is 14.7. The van der Waals surface area contributed by atoms with Gasteiger partial charge in [0.2, 0.25) is 23.2 Å². The molecule has 0 radical (unpaired) electrons. The number of fused-ring (bicyclic) bond motifs is 3. The van der Waals surface area contributed by atoms with E-state index >= 15 is 0 Å². The Balaban J connectivity index is 1.77. The average Bonchev–Trinajstić information content (AvgIpc) is 3.02. The lowest BCUT2D eigenvalue weighted by Crippen LogP contribution is -2.37. The third-order valence-electron chi connectivity index (χ3n) is 5.56. The zero-order chi connectivity index (χ0) is 24.8. The first-order valence-electron chi connectivity index (χ1n) is 12.2. The Morgan fingerprint density at radius 3 is 2.60 bits per heavy atom. The second-order valence-corrected chi connectivity index (χ2v) is 9.82. The van der Waals surface area contributed by atoms with Gasteiger partial charge in [0, 0.05) is 23.3 Å². The molecule has 0 unspecified atom stereocenters. The summed E-state index contributed by atoms with van der Waals surface area (Å²) in [5.74, 6) is 2.48. The number of benzene rings is 2. The molecule has 1 amide bonds. The summed E-state index contributed by atoms with van der Waals surface area (Å²) in [6.07, 6.45) is 1.71. The zero-order valence-electron chi connectivity index (χ0n) is 20.7. The molecule has 4 rings (SSSR count). The SMILES string of the molecule is CCCCOc1ccc([C@H]2Oc3nc(SCC(C)C)nnc3-c3ccccc3N2C(=O)CC)cc1. The summed E-state index contributed by atoms with van der Waals surface area (Å²) in [7, 11) is 0. The molecule has 35 heavy (non-hydrogen) atoms. The van der Waals surface area contributed by atoms with Crippen molar-refractivity contribution in [1.29, 1.82) is 0 Å². The lowest BCUT2D eigenvalue weighted by molar-refractivity contribution is -0.120. The molecule has 0 fully saturated rings. The molecule has 0 N–H and O–H groups in total. The third kappa shape index (κ3) is 5.75. The molecule has 2 heterocycles. The molecular formula is C27H32N4O3S. The van der Waals surface area contributed by atoms with Crippen LogP contribution in [-0.4, -0.2) is 33.4 Å². The van der Waals surface area contributed by atoms with Gasteiger partial charge in [-0.25, -0.2) is 0 Å². The number of carbonyl (C=O) groups excluding carboxylic acids is 1. The van der Waals surface area contributed by atoms with Crippen LogP contribution in [-0.2, 0) is 4.79 Å². The number of hydrogen-bond acceptors (Lipinski definition) is 7. The number of nitrogens with zero attached hydrogens (tertiary/aromatic N) is 4. The fourth-order valence-electron chi connectivity index (χ4n) is 3.74. The van der Waals surface area contributed by atoms with Crippen molar-refractivity contribution in [3.05, 3.63) is 54.1 Å². The Morgan fingerprint density at radius 2 is 1.89 bits per heavy atom. The molecule has 2 aromatic carbocycles. The van der Waals surface area contributed by atoms with Gasteiger partial charge in [0.1, 0.15) is 5.75 Å². The van der Waals surface area contributed by atoms with E-state index in [0.717, 1.165) is 41.2 Å². The first-order valence-corrected chi connectivity index (χ1v) is 13.2. The van der Waals surface area contributed by atoms with Gasteiger partial charge in [0.15, 0.2) is 5.69 Å². The molecule has 7 nitrogen and oxygen atoms in total. The van der Waals surface area contributed by atoms with Crippen LogP contribution in [0.5, 0.6) is 11.6 Å². The maximum absolute atomic E-state index is 13.3. The van der Waals surface area contributed by atoms with Crippen LogP contribution < -0.4 is 14.4 Å². The fourth-order valence-corrected chi connectivity index (χ4v) is 4.46. The van der Waals surface area contributed by atoms with Gasteiger partial charge in [-0.15, -0.1) is 10.2 Å². The maximum atomic E-state index is 13.3. The standard InChI is InChI=1S/C27H32N4O3S/c1-5-7-16-33-20-14-12-19(13-15-20)26-31(23(32)6-2)22-11-9-8-10-21(22)24-25(34-26)28-27(30-29-24)35-17-18(3)4/h8-15,18,26H,5-7,16-17H2,1-4H3/t26-/m1/s1. The van der Waals surface area contributed by atoms with Crippen molar-refractivity contribution in [2.75, 3.05) is 17.3 Å². The monoisotopic (exact) mass is 492 g/mol. The molecular weight excluding hydrogens is 460 g/mol. The van der Waals surface area contributed by atoms with Crippen LogP contribution in [0.3, 0.4) is 0 Å². The van der Waals surface area contributed by atoms with Gasteiger partial charge in [-0.2, -0.15) is 4.98 Å². The quantitative estimate of drug-likeness (QED) is 0.256. The van der Waals surface area contributed by atoms with E-state index < -0.39 is 6.23 Å². The first kappa shape index (κ1) is 25.0. The van der Waals surface area contributed by atoms with E-state index in [9.17, 15) is 4.79 Å². The lowest BCUT2D eigenvalue weighted by Gasteiger charge is -2.30. The Hall–Kier alpha value is -3.13. The minimum atomic E-state index is -0.700. The summed E-state index contributed by atoms with van der Waals surface area (Å²) in [4.78, 5) is 19.7. The van der Waals surface area contributed by atoms with Gasteiger partial charge in [0.05, 0.1) is 12.3 Å². The van der Waals surface area contributed by atoms with E-state index in [2.05, 4.69) is 31.0 Å². The zero-order valence-corrected chi connectivity index (χ0v) is 21.5. The number of rotatable bonds is 9. The van der Waals surface area contributed by atoms with Crippen LogP contribution in [0.25, 0.3) is 11.3 Å². The van der Waals surface area contributed by atoms with E-state index in [1.54, 1.807) is 16.7 Å². The van der Waals surface area contributed by atoms with Crippen molar-refractivity contribution in [3.63, 3.8) is 0 Å². The molecule has 8 heteroatoms. The van der Waals surface area contributed by atoms with E-state index in [0.29, 0.717) is 35.7 Å². The van der Waals surface area contributed by atoms with Gasteiger partial charge in [0.25, 0.3) is 0 Å². The van der Waals surface area contributed by atoms with Crippen LogP contribution >= 0.6 is 11.8 Å². The van der Waals surface area contributed by atoms with E-state index in [4.69, 9.17) is 14.5 Å². The second kappa shape index (κ2) is 11.5. The highest BCUT2D eigenvalue weighted by Crippen LogP contribution is 2.43. The van der Waals surface area contributed by atoms with Crippen molar-refractivity contribution in [2.45, 2.75) is 58.3 Å². The van der Waals surface area contributed by atoms with Crippen LogP contribution in [0.2, 0.25) is 0 Å². The topological polar surface area (TPSA) is 77.4 Å². The summed E-state index contributed by atoms with van der Waals surface area (Å²) in [5.41, 5.74) is 2.86. The Bertz CT molecular complexity index is 1150. The predicted molar refractivity (Wildman–Crippen MR) is 139 cm³/mol. The van der Waals surface area contributed by atoms with Gasteiger partial charge >= 0.3 is 0 Å². The Kier molecular flexibility index (Phi) is 8.23. The van der Waals surface area contributed by atoms with E-state index in [1.165, 1.54) is 0 Å². The molecule has 3 aromatic rings. The summed E-state index contributed by atoms with van der Waals surface area (Å²) in [6, 6.07) is 15.4. The number of aromatic nitrogens is 3. The molecule has 184 valence electrons. The highest BCUT2D eigenvalue weighted by molar-refractivity contribution is 7.99. The van der Waals surface area contributed by atoms with Crippen LogP contribution in [0.15, 0.2) is 53.7 Å². The molecule has 0 spiro atoms. The summed E-state index contributed by atoms with van der Waals surface area (Å²) in [6.45, 7) is 8.96. The molecule has 0 aliphatic carbocycles. The Morgan fingerprint density at radius 1 is 1.11 bits per heavy atom. The van der Waals surface area contributed by atoms with Crippen molar-refractivity contribution in [2.24, 2.45) is 5.92 Å². The minimum Gasteiger partial charge on any atom is -0.494 e. The third-order valence-corrected chi connectivity index (χ3v) is 6.83. The number of hydrogen-bond donors (Lipinski definition) is 0. The highest BCUT2D eigenvalue weighted by Gasteiger charge is 2.35. The highest BCUT2D eigenvalue weighted by atomic mass is 32.2. The number of unbranched alkanes of at least 4 members (excludes halogenated alkanes) is 1. The van der Waals surface area contributed by atoms with E-state index in [-0.39, 0.29) is 5.91 Å². The molecule has 1 atom stereocenters. The largest absolute Gasteiger partial charge is 0.494 e. The van der Waals surface area contributed by atoms with Gasteiger partial charge in [-0.05, 0) is 42.7 Å². The molecule has 1 aliphatic heterocycles. The number of amides is 1. The van der Waals surface area contributed by atoms with Gasteiger partial charge < -0.3 is 9.47 Å². The number of anilines is 1. The number of thioether (sulfide) groups is 1. The summed E-state index contributed by atoms with van der Waals surface area (Å²) in [5, 5.41) is 9.39. The van der Waals surface area contributed by atoms with Crippen molar-refractivity contribution >= 4 is 23.4 Å². The van der Waals surface area contributed by atoms with Gasteiger partial charge in [-0.1, -0.05) is 64.1 Å². The number of carbonyl (C=O) groups is 1. The molecule has 0 saturated carbocycles. The number of para-hydroxylation sites is 1. The van der Waals surface area contributed by atoms with Crippen LogP contribution in [0.4, 0.5) is 5.69 Å².